The number of benzene rings is 1. The van der Waals surface area contributed by atoms with Gasteiger partial charge in [0, 0.05) is 15.5 Å². The molecule has 1 N–H and O–H groups in total. The molecule has 0 spiro atoms. The topological polar surface area (TPSA) is 12.0 Å². The number of hydrogen-bond donors (Lipinski definition) is 1. The first-order valence-electron chi connectivity index (χ1n) is 4.81. The van der Waals surface area contributed by atoms with Crippen molar-refractivity contribution in [1.29, 1.82) is 0 Å². The van der Waals surface area contributed by atoms with Crippen molar-refractivity contribution < 1.29 is 0 Å². The summed E-state index contributed by atoms with van der Waals surface area (Å²) < 4.78 is 1.12. The highest BCUT2D eigenvalue weighted by atomic mass is 79.9. The van der Waals surface area contributed by atoms with E-state index in [1.165, 1.54) is 5.56 Å². The van der Waals surface area contributed by atoms with Crippen molar-refractivity contribution in [3.05, 3.63) is 33.3 Å². The van der Waals surface area contributed by atoms with Crippen LogP contribution in [-0.2, 0) is 0 Å². The summed E-state index contributed by atoms with van der Waals surface area (Å²) >= 11 is 9.51. The molecule has 0 aliphatic heterocycles. The fourth-order valence-corrected chi connectivity index (χ4v) is 2.23. The standard InChI is InChI=1S/C11H15BrClN/c1-3-4-11(14-2)9-7-8(13)5-6-10(9)12/h5-7,11,14H,3-4H2,1-2H3. The normalized spacial score (nSPS) is 12.9. The molecule has 0 saturated carbocycles. The van der Waals surface area contributed by atoms with Crippen LogP contribution in [0.3, 0.4) is 0 Å². The molecule has 0 aliphatic carbocycles. The lowest BCUT2D eigenvalue weighted by Gasteiger charge is -2.17. The fraction of sp³-hybridized carbons (Fsp3) is 0.455. The van der Waals surface area contributed by atoms with Crippen LogP contribution in [0.2, 0.25) is 5.02 Å². The molecule has 0 bridgehead atoms. The first kappa shape index (κ1) is 12.0. The zero-order chi connectivity index (χ0) is 10.6. The molecular weight excluding hydrogens is 261 g/mol. The van der Waals surface area contributed by atoms with Crippen LogP contribution in [0, 0.1) is 0 Å². The molecule has 1 unspecified atom stereocenters. The Balaban J connectivity index is 2.96. The number of nitrogens with one attached hydrogen (secondary N) is 1. The van der Waals surface area contributed by atoms with E-state index in [0.717, 1.165) is 22.3 Å². The van der Waals surface area contributed by atoms with E-state index in [0.29, 0.717) is 6.04 Å². The van der Waals surface area contributed by atoms with Gasteiger partial charge in [-0.2, -0.15) is 0 Å². The van der Waals surface area contributed by atoms with Gasteiger partial charge in [-0.1, -0.05) is 40.9 Å². The zero-order valence-electron chi connectivity index (χ0n) is 8.48. The molecule has 1 aromatic carbocycles. The predicted molar refractivity (Wildman–Crippen MR) is 65.9 cm³/mol. The minimum Gasteiger partial charge on any atom is -0.313 e. The highest BCUT2D eigenvalue weighted by molar-refractivity contribution is 9.10. The number of rotatable bonds is 4. The Morgan fingerprint density at radius 1 is 1.50 bits per heavy atom. The average molecular weight is 277 g/mol. The first-order valence-corrected chi connectivity index (χ1v) is 5.98. The summed E-state index contributed by atoms with van der Waals surface area (Å²) in [6.45, 7) is 2.18. The van der Waals surface area contributed by atoms with Gasteiger partial charge in [0.1, 0.15) is 0 Å². The van der Waals surface area contributed by atoms with Crippen LogP contribution in [0.5, 0.6) is 0 Å². The lowest BCUT2D eigenvalue weighted by atomic mass is 10.0. The maximum atomic E-state index is 5.97. The van der Waals surface area contributed by atoms with Gasteiger partial charge < -0.3 is 5.32 Å². The van der Waals surface area contributed by atoms with Crippen molar-refractivity contribution >= 4 is 27.5 Å². The van der Waals surface area contributed by atoms with Crippen molar-refractivity contribution in [2.24, 2.45) is 0 Å². The van der Waals surface area contributed by atoms with E-state index in [2.05, 4.69) is 28.2 Å². The Hall–Kier alpha value is -0.0500. The summed E-state index contributed by atoms with van der Waals surface area (Å²) in [7, 11) is 1.98. The van der Waals surface area contributed by atoms with Crippen LogP contribution in [0.25, 0.3) is 0 Å². The second-order valence-electron chi connectivity index (χ2n) is 3.30. The van der Waals surface area contributed by atoms with Gasteiger partial charge in [-0.3, -0.25) is 0 Å². The van der Waals surface area contributed by atoms with Crippen molar-refractivity contribution in [1.82, 2.24) is 5.32 Å². The lowest BCUT2D eigenvalue weighted by Crippen LogP contribution is -2.16. The molecule has 0 saturated heterocycles. The van der Waals surface area contributed by atoms with Crippen LogP contribution in [0.1, 0.15) is 31.4 Å². The van der Waals surface area contributed by atoms with Gasteiger partial charge in [-0.05, 0) is 37.2 Å². The SMILES string of the molecule is CCCC(NC)c1cc(Cl)ccc1Br. The number of hydrogen-bond acceptors (Lipinski definition) is 1. The third kappa shape index (κ3) is 2.97. The maximum absolute atomic E-state index is 5.97. The van der Waals surface area contributed by atoms with Crippen LogP contribution in [0.15, 0.2) is 22.7 Å². The minimum absolute atomic E-state index is 0.382. The molecule has 1 nitrogen and oxygen atoms in total. The van der Waals surface area contributed by atoms with Crippen molar-refractivity contribution in [2.45, 2.75) is 25.8 Å². The van der Waals surface area contributed by atoms with Crippen LogP contribution in [-0.4, -0.2) is 7.05 Å². The van der Waals surface area contributed by atoms with E-state index in [1.54, 1.807) is 0 Å². The Kier molecular flexibility index (Phi) is 4.93. The van der Waals surface area contributed by atoms with E-state index < -0.39 is 0 Å². The molecule has 0 radical (unpaired) electrons. The number of halogens is 2. The smallest absolute Gasteiger partial charge is 0.0410 e. The fourth-order valence-electron chi connectivity index (χ4n) is 1.53. The maximum Gasteiger partial charge on any atom is 0.0410 e. The Bertz CT molecular complexity index is 301. The van der Waals surface area contributed by atoms with E-state index in [-0.39, 0.29) is 0 Å². The molecule has 14 heavy (non-hydrogen) atoms. The van der Waals surface area contributed by atoms with Crippen LogP contribution >= 0.6 is 27.5 Å². The quantitative estimate of drug-likeness (QED) is 0.870. The molecule has 0 aliphatic rings. The Morgan fingerprint density at radius 2 is 2.21 bits per heavy atom. The third-order valence-electron chi connectivity index (χ3n) is 2.26. The summed E-state index contributed by atoms with van der Waals surface area (Å²) in [5, 5.41) is 4.09. The second kappa shape index (κ2) is 5.74. The summed E-state index contributed by atoms with van der Waals surface area (Å²) in [6.07, 6.45) is 2.28. The largest absolute Gasteiger partial charge is 0.313 e. The summed E-state index contributed by atoms with van der Waals surface area (Å²) in [6, 6.07) is 6.29. The Morgan fingerprint density at radius 3 is 2.79 bits per heavy atom. The molecule has 78 valence electrons. The molecule has 0 heterocycles. The van der Waals surface area contributed by atoms with Crippen LogP contribution < -0.4 is 5.32 Å². The van der Waals surface area contributed by atoms with Crippen LogP contribution in [0.4, 0.5) is 0 Å². The molecule has 0 fully saturated rings. The predicted octanol–water partition coefficient (Wildman–Crippen LogP) is 4.16. The molecular formula is C11H15BrClN. The summed E-state index contributed by atoms with van der Waals surface area (Å²) in [4.78, 5) is 0. The van der Waals surface area contributed by atoms with Gasteiger partial charge in [-0.25, -0.2) is 0 Å². The van der Waals surface area contributed by atoms with Gasteiger partial charge in [0.05, 0.1) is 0 Å². The van der Waals surface area contributed by atoms with E-state index in [4.69, 9.17) is 11.6 Å². The van der Waals surface area contributed by atoms with Gasteiger partial charge in [0.2, 0.25) is 0 Å². The second-order valence-corrected chi connectivity index (χ2v) is 4.59. The molecule has 0 aromatic heterocycles. The Labute approximate surface area is 99.0 Å². The van der Waals surface area contributed by atoms with E-state index in [1.807, 2.05) is 25.2 Å². The highest BCUT2D eigenvalue weighted by Crippen LogP contribution is 2.28. The monoisotopic (exact) mass is 275 g/mol. The summed E-state index contributed by atoms with van der Waals surface area (Å²) in [5.41, 5.74) is 1.24. The van der Waals surface area contributed by atoms with Gasteiger partial charge in [0.25, 0.3) is 0 Å². The molecule has 1 atom stereocenters. The zero-order valence-corrected chi connectivity index (χ0v) is 10.8. The lowest BCUT2D eigenvalue weighted by molar-refractivity contribution is 0.540. The molecule has 1 rings (SSSR count). The highest BCUT2D eigenvalue weighted by Gasteiger charge is 2.11. The van der Waals surface area contributed by atoms with Crippen molar-refractivity contribution in [3.63, 3.8) is 0 Å². The molecule has 1 aromatic rings. The van der Waals surface area contributed by atoms with Crippen molar-refractivity contribution in [2.75, 3.05) is 7.05 Å². The minimum atomic E-state index is 0.382. The summed E-state index contributed by atoms with van der Waals surface area (Å²) in [5.74, 6) is 0. The molecule has 3 heteroatoms. The van der Waals surface area contributed by atoms with Gasteiger partial charge in [0.15, 0.2) is 0 Å². The van der Waals surface area contributed by atoms with Crippen molar-refractivity contribution in [3.8, 4) is 0 Å². The molecule has 0 amide bonds. The third-order valence-corrected chi connectivity index (χ3v) is 3.22. The van der Waals surface area contributed by atoms with E-state index >= 15 is 0 Å². The van der Waals surface area contributed by atoms with E-state index in [9.17, 15) is 0 Å². The van der Waals surface area contributed by atoms with Gasteiger partial charge >= 0.3 is 0 Å². The van der Waals surface area contributed by atoms with Gasteiger partial charge in [-0.15, -0.1) is 0 Å². The first-order chi connectivity index (χ1) is 6.69. The average Bonchev–Trinajstić information content (AvgIpc) is 2.18.